The van der Waals surface area contributed by atoms with Gasteiger partial charge in [0.05, 0.1) is 7.11 Å². The van der Waals surface area contributed by atoms with Gasteiger partial charge >= 0.3 is 5.97 Å². The van der Waals surface area contributed by atoms with Gasteiger partial charge in [0, 0.05) is 19.3 Å². The van der Waals surface area contributed by atoms with Crippen molar-refractivity contribution in [1.29, 1.82) is 0 Å². The summed E-state index contributed by atoms with van der Waals surface area (Å²) in [6.07, 6.45) is 17.3. The first kappa shape index (κ1) is 20.9. The molecule has 0 saturated heterocycles. The Labute approximate surface area is 136 Å². The monoisotopic (exact) mass is 310 g/mol. The summed E-state index contributed by atoms with van der Waals surface area (Å²) < 4.78 is 4.60. The number of Topliss-reactive ketones (excluding diaryl/α,β-unsaturated/α-hetero) is 1. The molecule has 0 fully saturated rings. The Bertz CT molecular complexity index is 308. The van der Waals surface area contributed by atoms with Crippen molar-refractivity contribution in [3.05, 3.63) is 12.2 Å². The second-order valence-electron chi connectivity index (χ2n) is 5.91. The number of hydrogen-bond acceptors (Lipinski definition) is 3. The number of rotatable bonds is 15. The van der Waals surface area contributed by atoms with Crippen LogP contribution in [0.1, 0.15) is 90.4 Å². The highest BCUT2D eigenvalue weighted by molar-refractivity contribution is 5.79. The van der Waals surface area contributed by atoms with Crippen molar-refractivity contribution in [2.45, 2.75) is 90.4 Å². The van der Waals surface area contributed by atoms with Crippen molar-refractivity contribution >= 4 is 11.8 Å². The molecule has 0 rings (SSSR count). The second kappa shape index (κ2) is 16.3. The fourth-order valence-corrected chi connectivity index (χ4v) is 2.35. The van der Waals surface area contributed by atoms with E-state index in [1.54, 1.807) is 0 Å². The van der Waals surface area contributed by atoms with Gasteiger partial charge < -0.3 is 4.74 Å². The van der Waals surface area contributed by atoms with Gasteiger partial charge in [-0.25, -0.2) is 0 Å². The van der Waals surface area contributed by atoms with E-state index in [4.69, 9.17) is 0 Å². The molecule has 0 amide bonds. The Balaban J connectivity index is 3.32. The van der Waals surface area contributed by atoms with Crippen LogP contribution in [0.25, 0.3) is 0 Å². The van der Waals surface area contributed by atoms with Crippen molar-refractivity contribution < 1.29 is 14.3 Å². The van der Waals surface area contributed by atoms with Crippen LogP contribution < -0.4 is 0 Å². The Hall–Kier alpha value is -1.12. The first-order chi connectivity index (χ1) is 10.7. The van der Waals surface area contributed by atoms with Gasteiger partial charge in [0.2, 0.25) is 0 Å². The zero-order valence-electron chi connectivity index (χ0n) is 14.6. The second-order valence-corrected chi connectivity index (χ2v) is 5.91. The lowest BCUT2D eigenvalue weighted by atomic mass is 10.1. The van der Waals surface area contributed by atoms with Crippen LogP contribution in [-0.2, 0) is 14.3 Å². The van der Waals surface area contributed by atoms with Crippen LogP contribution in [0.5, 0.6) is 0 Å². The number of unbranched alkanes of at least 4 members (excludes halogenated alkanes) is 8. The van der Waals surface area contributed by atoms with E-state index in [2.05, 4.69) is 17.7 Å². The van der Waals surface area contributed by atoms with Crippen LogP contribution in [0.2, 0.25) is 0 Å². The van der Waals surface area contributed by atoms with Crippen molar-refractivity contribution in [2.24, 2.45) is 0 Å². The highest BCUT2D eigenvalue weighted by Crippen LogP contribution is 2.08. The number of carbonyl (C=O) groups is 2. The Morgan fingerprint density at radius 1 is 0.818 bits per heavy atom. The maximum atomic E-state index is 11.6. The normalized spacial score (nSPS) is 11.0. The van der Waals surface area contributed by atoms with Gasteiger partial charge in [-0.1, -0.05) is 57.6 Å². The summed E-state index contributed by atoms with van der Waals surface area (Å²) in [7, 11) is 1.43. The molecule has 0 N–H and O–H groups in total. The average molecular weight is 310 g/mol. The highest BCUT2D eigenvalue weighted by Gasteiger charge is 1.99. The fourth-order valence-electron chi connectivity index (χ4n) is 2.35. The van der Waals surface area contributed by atoms with Gasteiger partial charge in [0.15, 0.2) is 0 Å². The predicted octanol–water partition coefficient (Wildman–Crippen LogP) is 5.38. The van der Waals surface area contributed by atoms with E-state index in [1.165, 1.54) is 32.8 Å². The molecule has 0 aromatic rings. The van der Waals surface area contributed by atoms with Crippen molar-refractivity contribution in [3.8, 4) is 0 Å². The lowest BCUT2D eigenvalue weighted by molar-refractivity contribution is -0.140. The fraction of sp³-hybridized carbons (Fsp3) is 0.789. The summed E-state index contributed by atoms with van der Waals surface area (Å²) in [5.41, 5.74) is 0. The molecular weight excluding hydrogens is 276 g/mol. The van der Waals surface area contributed by atoms with E-state index in [1.807, 2.05) is 6.08 Å². The smallest absolute Gasteiger partial charge is 0.305 e. The van der Waals surface area contributed by atoms with E-state index in [0.29, 0.717) is 18.6 Å². The van der Waals surface area contributed by atoms with Crippen LogP contribution in [0, 0.1) is 0 Å². The zero-order chi connectivity index (χ0) is 16.5. The van der Waals surface area contributed by atoms with Crippen molar-refractivity contribution in [2.75, 3.05) is 7.11 Å². The molecule has 0 atom stereocenters. The molecule has 0 spiro atoms. The molecule has 0 bridgehead atoms. The zero-order valence-corrected chi connectivity index (χ0v) is 14.6. The van der Waals surface area contributed by atoms with Crippen LogP contribution in [0.3, 0.4) is 0 Å². The quantitative estimate of drug-likeness (QED) is 0.232. The number of carbonyl (C=O) groups excluding carboxylic acids is 2. The summed E-state index contributed by atoms with van der Waals surface area (Å²) in [6, 6.07) is 0. The molecule has 0 radical (unpaired) electrons. The predicted molar refractivity (Wildman–Crippen MR) is 91.9 cm³/mol. The summed E-state index contributed by atoms with van der Waals surface area (Å²) in [5, 5.41) is 0. The molecule has 0 heterocycles. The Morgan fingerprint density at radius 3 is 2.14 bits per heavy atom. The van der Waals surface area contributed by atoms with E-state index >= 15 is 0 Å². The third-order valence-corrected chi connectivity index (χ3v) is 3.80. The van der Waals surface area contributed by atoms with E-state index in [0.717, 1.165) is 44.9 Å². The molecule has 22 heavy (non-hydrogen) atoms. The number of methoxy groups -OCH3 is 1. The number of ketones is 1. The molecule has 0 aromatic heterocycles. The van der Waals surface area contributed by atoms with Gasteiger partial charge in [0.25, 0.3) is 0 Å². The molecule has 0 aliphatic carbocycles. The van der Waals surface area contributed by atoms with Crippen molar-refractivity contribution in [1.82, 2.24) is 0 Å². The molecule has 0 aliphatic rings. The number of esters is 1. The van der Waals surface area contributed by atoms with Gasteiger partial charge in [-0.3, -0.25) is 9.59 Å². The largest absolute Gasteiger partial charge is 0.469 e. The van der Waals surface area contributed by atoms with Gasteiger partial charge in [0.1, 0.15) is 5.78 Å². The lowest BCUT2D eigenvalue weighted by Crippen LogP contribution is -1.99. The minimum absolute atomic E-state index is 0.117. The number of hydrogen-bond donors (Lipinski definition) is 0. The molecule has 128 valence electrons. The Morgan fingerprint density at radius 2 is 1.45 bits per heavy atom. The topological polar surface area (TPSA) is 43.4 Å². The molecule has 0 aliphatic heterocycles. The molecule has 0 saturated carbocycles. The third kappa shape index (κ3) is 15.3. The summed E-state index contributed by atoms with van der Waals surface area (Å²) in [5.74, 6) is 0.249. The van der Waals surface area contributed by atoms with E-state index in [-0.39, 0.29) is 5.97 Å². The van der Waals surface area contributed by atoms with Crippen molar-refractivity contribution in [3.63, 3.8) is 0 Å². The molecule has 0 unspecified atom stereocenters. The first-order valence-electron chi connectivity index (χ1n) is 8.94. The summed E-state index contributed by atoms with van der Waals surface area (Å²) >= 11 is 0. The van der Waals surface area contributed by atoms with Gasteiger partial charge in [-0.05, 0) is 25.7 Å². The molecule has 3 heteroatoms. The summed E-state index contributed by atoms with van der Waals surface area (Å²) in [6.45, 7) is 2.20. The third-order valence-electron chi connectivity index (χ3n) is 3.80. The van der Waals surface area contributed by atoms with E-state index < -0.39 is 0 Å². The van der Waals surface area contributed by atoms with Gasteiger partial charge in [-0.2, -0.15) is 0 Å². The lowest BCUT2D eigenvalue weighted by Gasteiger charge is -2.00. The van der Waals surface area contributed by atoms with Crippen LogP contribution in [0.4, 0.5) is 0 Å². The van der Waals surface area contributed by atoms with E-state index in [9.17, 15) is 9.59 Å². The summed E-state index contributed by atoms with van der Waals surface area (Å²) in [4.78, 5) is 22.6. The molecule has 3 nitrogen and oxygen atoms in total. The average Bonchev–Trinajstić information content (AvgIpc) is 2.52. The maximum absolute atomic E-state index is 11.6. The maximum Gasteiger partial charge on any atom is 0.305 e. The number of ether oxygens (including phenoxy) is 1. The molecule has 0 aromatic carbocycles. The standard InChI is InChI=1S/C19H34O3/c1-3-4-5-9-12-15-18(20)16-13-10-7-6-8-11-14-17-19(21)22-2/h10,13H,3-9,11-12,14-17H2,1-2H3. The highest BCUT2D eigenvalue weighted by atomic mass is 16.5. The van der Waals surface area contributed by atoms with Crippen LogP contribution >= 0.6 is 0 Å². The first-order valence-corrected chi connectivity index (χ1v) is 8.94. The Kier molecular flexibility index (Phi) is 15.4. The van der Waals surface area contributed by atoms with Crippen LogP contribution in [-0.4, -0.2) is 18.9 Å². The number of allylic oxidation sites excluding steroid dienone is 2. The van der Waals surface area contributed by atoms with Gasteiger partial charge in [-0.15, -0.1) is 0 Å². The SMILES string of the molecule is CCCCCCCC(=O)CC=CCCCCCCC(=O)OC. The molecular formula is C19H34O3. The minimum atomic E-state index is -0.117. The van der Waals surface area contributed by atoms with Crippen LogP contribution in [0.15, 0.2) is 12.2 Å². The minimum Gasteiger partial charge on any atom is -0.469 e.